The summed E-state index contributed by atoms with van der Waals surface area (Å²) in [6.45, 7) is 4.99. The van der Waals surface area contributed by atoms with Gasteiger partial charge in [0.15, 0.2) is 23.6 Å². The van der Waals surface area contributed by atoms with E-state index < -0.39 is 47.3 Å². The van der Waals surface area contributed by atoms with Gasteiger partial charge in [-0.05, 0) is 88.2 Å². The van der Waals surface area contributed by atoms with E-state index >= 15 is 0 Å². The van der Waals surface area contributed by atoms with Gasteiger partial charge in [0.2, 0.25) is 12.2 Å². The Morgan fingerprint density at radius 1 is 1.14 bits per heavy atom. The lowest BCUT2D eigenvalue weighted by Gasteiger charge is -2.66. The van der Waals surface area contributed by atoms with Crippen LogP contribution < -0.4 is 21.4 Å². The first-order chi connectivity index (χ1) is 19.8. The van der Waals surface area contributed by atoms with Gasteiger partial charge in [0.1, 0.15) is 17.4 Å². The average Bonchev–Trinajstić information content (AvgIpc) is 3.40. The van der Waals surface area contributed by atoms with Crippen molar-refractivity contribution in [3.8, 4) is 11.5 Å². The lowest BCUT2D eigenvalue weighted by molar-refractivity contribution is -0.304. The molecule has 5 fully saturated rings. The first-order valence-electron chi connectivity index (χ1n) is 14.4. The lowest BCUT2D eigenvalue weighted by atomic mass is 9.38. The Morgan fingerprint density at radius 3 is 2.43 bits per heavy atom. The smallest absolute Gasteiger partial charge is 0.404 e. The highest BCUT2D eigenvalue weighted by Gasteiger charge is 2.78. The van der Waals surface area contributed by atoms with Crippen molar-refractivity contribution >= 4 is 28.7 Å². The van der Waals surface area contributed by atoms with Crippen LogP contribution in [-0.4, -0.2) is 59.5 Å². The van der Waals surface area contributed by atoms with Crippen molar-refractivity contribution in [1.82, 2.24) is 0 Å². The molecule has 2 bridgehead atoms. The number of rotatable bonds is 6. The molecule has 42 heavy (non-hydrogen) atoms. The molecule has 4 aliphatic carbocycles. The number of carbonyl (C=O) groups excluding carboxylic acids is 2. The Morgan fingerprint density at radius 2 is 1.83 bits per heavy atom. The molecule has 2 unspecified atom stereocenters. The monoisotopic (exact) mass is 584 g/mol. The summed E-state index contributed by atoms with van der Waals surface area (Å²) >= 11 is 0. The minimum atomic E-state index is -1.48. The maximum atomic E-state index is 13.6. The standard InChI is InChI=1S/C30H36N2O10/c1-12-17(39-25-20(34)22(41-27(31)37)23(38-4)28(2,3)42-25)6-5-16-19(33)18(24(35)40-21(12)16)32-26(36)29-9-14-7-13-8-15(10-29)30(13,14)11-29/h5-6,13-15,20,22-23,25,33-34H,7-11H2,1-4H3,(H2,31,37)(H,32,36)/t13?,14?,15?,20-,22+,23-,25-,29?,30?/m1/s1. The number of hydrogen-bond acceptors (Lipinski definition) is 10. The van der Waals surface area contributed by atoms with Crippen LogP contribution in [0.25, 0.3) is 11.0 Å². The predicted octanol–water partition coefficient (Wildman–Crippen LogP) is 2.93. The normalized spacial score (nSPS) is 38.7. The summed E-state index contributed by atoms with van der Waals surface area (Å²) in [7, 11) is 1.39. The zero-order valence-corrected chi connectivity index (χ0v) is 24.0. The fourth-order valence-electron chi connectivity index (χ4n) is 9.26. The summed E-state index contributed by atoms with van der Waals surface area (Å²) < 4.78 is 28.1. The minimum Gasteiger partial charge on any atom is -0.505 e. The number of ether oxygens (including phenoxy) is 4. The van der Waals surface area contributed by atoms with Crippen LogP contribution in [0.3, 0.4) is 0 Å². The van der Waals surface area contributed by atoms with Crippen molar-refractivity contribution in [2.45, 2.75) is 83.1 Å². The van der Waals surface area contributed by atoms with E-state index in [0.29, 0.717) is 22.8 Å². The molecule has 0 radical (unpaired) electrons. The SMILES string of the molecule is CO[C@@H]1[C@@H](OC(N)=O)[C@@H](O)[C@H](Oc2ccc3c(O)c(NC(=O)C45CC6CC7CC(C4)C76C5)c(=O)oc3c2C)OC1(C)C. The highest BCUT2D eigenvalue weighted by Crippen LogP contribution is 2.84. The maximum Gasteiger partial charge on any atom is 0.404 e. The molecule has 12 nitrogen and oxygen atoms in total. The highest BCUT2D eigenvalue weighted by atomic mass is 16.7. The molecular formula is C30H36N2O10. The van der Waals surface area contributed by atoms with Gasteiger partial charge < -0.3 is 44.6 Å². The molecule has 226 valence electrons. The second-order valence-corrected chi connectivity index (χ2v) is 13.4. The lowest BCUT2D eigenvalue weighted by Crippen LogP contribution is -2.65. The highest BCUT2D eigenvalue weighted by molar-refractivity contribution is 6.00. The number of carbonyl (C=O) groups is 2. The summed E-state index contributed by atoms with van der Waals surface area (Å²) in [6.07, 6.45) is -0.971. The zero-order chi connectivity index (χ0) is 29.9. The Labute approximate surface area is 241 Å². The number of aryl methyl sites for hydroxylation is 1. The number of methoxy groups -OCH3 is 1. The number of nitrogens with one attached hydrogen (secondary N) is 1. The van der Waals surface area contributed by atoms with Gasteiger partial charge in [-0.1, -0.05) is 0 Å². The van der Waals surface area contributed by atoms with Gasteiger partial charge in [0.25, 0.3) is 0 Å². The van der Waals surface area contributed by atoms with E-state index in [1.165, 1.54) is 32.1 Å². The van der Waals surface area contributed by atoms with Crippen molar-refractivity contribution in [1.29, 1.82) is 0 Å². The van der Waals surface area contributed by atoms with Gasteiger partial charge in [-0.2, -0.15) is 0 Å². The topological polar surface area (TPSA) is 180 Å². The van der Waals surface area contributed by atoms with E-state index in [4.69, 9.17) is 29.1 Å². The van der Waals surface area contributed by atoms with Gasteiger partial charge in [-0.15, -0.1) is 0 Å². The molecule has 2 heterocycles. The fraction of sp³-hybridized carbons (Fsp3) is 0.633. The summed E-state index contributed by atoms with van der Waals surface area (Å²) in [5, 5.41) is 25.0. The van der Waals surface area contributed by atoms with E-state index in [1.807, 2.05) is 0 Å². The van der Waals surface area contributed by atoms with Crippen LogP contribution in [0.15, 0.2) is 21.3 Å². The number of fused-ring (bicyclic) bond motifs is 2. The summed E-state index contributed by atoms with van der Waals surface area (Å²) in [4.78, 5) is 38.2. The van der Waals surface area contributed by atoms with Crippen molar-refractivity contribution in [3.05, 3.63) is 28.1 Å². The molecule has 6 atom stereocenters. The molecule has 1 spiro atoms. The van der Waals surface area contributed by atoms with Crippen LogP contribution in [0.4, 0.5) is 10.5 Å². The third kappa shape index (κ3) is 3.54. The van der Waals surface area contributed by atoms with Gasteiger partial charge >= 0.3 is 11.7 Å². The average molecular weight is 585 g/mol. The number of nitrogens with two attached hydrogens (primary N) is 1. The van der Waals surface area contributed by atoms with Crippen LogP contribution in [0.2, 0.25) is 0 Å². The number of anilines is 1. The summed E-state index contributed by atoms with van der Waals surface area (Å²) in [5.74, 6) is 1.53. The number of benzene rings is 1. The van der Waals surface area contributed by atoms with E-state index in [2.05, 4.69) is 5.32 Å². The minimum absolute atomic E-state index is 0.0509. The van der Waals surface area contributed by atoms with Gasteiger partial charge in [0.05, 0.1) is 16.4 Å². The first kappa shape index (κ1) is 27.5. The Kier molecular flexibility index (Phi) is 5.78. The van der Waals surface area contributed by atoms with E-state index in [1.54, 1.807) is 20.8 Å². The largest absolute Gasteiger partial charge is 0.505 e. The number of primary amides is 1. The first-order valence-corrected chi connectivity index (χ1v) is 14.4. The molecule has 12 heteroatoms. The number of hydrogen-bond donors (Lipinski definition) is 4. The van der Waals surface area contributed by atoms with Crippen molar-refractivity contribution < 1.29 is 43.2 Å². The van der Waals surface area contributed by atoms with Gasteiger partial charge in [-0.25, -0.2) is 9.59 Å². The van der Waals surface area contributed by atoms with Crippen LogP contribution >= 0.6 is 0 Å². The predicted molar refractivity (Wildman–Crippen MR) is 147 cm³/mol. The molecule has 4 saturated carbocycles. The number of aromatic hydroxyl groups is 1. The quantitative estimate of drug-likeness (QED) is 0.369. The molecule has 2 amide bonds. The second kappa shape index (κ2) is 8.84. The summed E-state index contributed by atoms with van der Waals surface area (Å²) in [5.41, 5.74) is 3.25. The van der Waals surface area contributed by atoms with Crippen LogP contribution in [0.5, 0.6) is 11.5 Å². The van der Waals surface area contributed by atoms with Crippen molar-refractivity contribution in [3.63, 3.8) is 0 Å². The number of aliphatic hydroxyl groups excluding tert-OH is 1. The Hall–Kier alpha value is -3.35. The van der Waals surface area contributed by atoms with Crippen molar-refractivity contribution in [2.24, 2.45) is 34.3 Å². The fourth-order valence-corrected chi connectivity index (χ4v) is 9.26. The number of aliphatic hydroxyl groups is 1. The number of amides is 2. The molecule has 5 aliphatic rings. The van der Waals surface area contributed by atoms with E-state index in [0.717, 1.165) is 25.2 Å². The van der Waals surface area contributed by atoms with Crippen LogP contribution in [-0.2, 0) is 19.0 Å². The zero-order valence-electron chi connectivity index (χ0n) is 24.0. The second-order valence-electron chi connectivity index (χ2n) is 13.4. The van der Waals surface area contributed by atoms with Gasteiger partial charge in [-0.3, -0.25) is 4.79 Å². The maximum absolute atomic E-state index is 13.6. The van der Waals surface area contributed by atoms with E-state index in [9.17, 15) is 24.6 Å². The molecule has 5 N–H and O–H groups in total. The van der Waals surface area contributed by atoms with E-state index in [-0.39, 0.29) is 34.1 Å². The Balaban J connectivity index is 1.15. The molecule has 7 rings (SSSR count). The van der Waals surface area contributed by atoms with Crippen LogP contribution in [0, 0.1) is 35.5 Å². The molecule has 1 aromatic carbocycles. The Bertz CT molecular complexity index is 1550. The molecule has 1 aliphatic heterocycles. The molecule has 1 aromatic heterocycles. The molecular weight excluding hydrogens is 548 g/mol. The van der Waals surface area contributed by atoms with Gasteiger partial charge in [0, 0.05) is 12.7 Å². The third-order valence-corrected chi connectivity index (χ3v) is 11.1. The molecule has 1 saturated heterocycles. The van der Waals surface area contributed by atoms with Crippen LogP contribution in [0.1, 0.15) is 51.5 Å². The van der Waals surface area contributed by atoms with Crippen molar-refractivity contribution in [2.75, 3.05) is 12.4 Å². The third-order valence-electron chi connectivity index (χ3n) is 11.1. The molecule has 2 aromatic rings. The summed E-state index contributed by atoms with van der Waals surface area (Å²) in [6, 6.07) is 3.02.